The number of benzene rings is 1. The highest BCUT2D eigenvalue weighted by atomic mass is 79.9. The molecule has 2 rings (SSSR count). The number of hydrogen-bond donors (Lipinski definition) is 1. The maximum Gasteiger partial charge on any atom is 0.0423 e. The Hall–Kier alpha value is -0.540. The van der Waals surface area contributed by atoms with Crippen LogP contribution in [0.2, 0.25) is 0 Å². The standard InChI is InChI=1S/C18H29BrN2/c1-4-10-20-14-15-6-7-16(19)13-17(15)21-11-5-8-18(2,3)9-12-21/h6-7,13,20H,4-5,8-12,14H2,1-3H3. The molecule has 1 aromatic carbocycles. The summed E-state index contributed by atoms with van der Waals surface area (Å²) in [7, 11) is 0. The summed E-state index contributed by atoms with van der Waals surface area (Å²) in [4.78, 5) is 2.59. The van der Waals surface area contributed by atoms with Gasteiger partial charge in [-0.25, -0.2) is 0 Å². The average Bonchev–Trinajstić information content (AvgIpc) is 2.61. The van der Waals surface area contributed by atoms with Crippen molar-refractivity contribution in [1.29, 1.82) is 0 Å². The molecule has 1 aliphatic rings. The predicted octanol–water partition coefficient (Wildman–Crippen LogP) is 4.97. The van der Waals surface area contributed by atoms with E-state index in [0.717, 1.165) is 13.1 Å². The van der Waals surface area contributed by atoms with Gasteiger partial charge in [-0.3, -0.25) is 0 Å². The zero-order valence-corrected chi connectivity index (χ0v) is 15.3. The maximum absolute atomic E-state index is 3.64. The van der Waals surface area contributed by atoms with E-state index in [2.05, 4.69) is 65.1 Å². The van der Waals surface area contributed by atoms with Gasteiger partial charge < -0.3 is 10.2 Å². The number of nitrogens with one attached hydrogen (secondary N) is 1. The summed E-state index contributed by atoms with van der Waals surface area (Å²) in [5, 5.41) is 3.54. The van der Waals surface area contributed by atoms with Crippen LogP contribution in [0.15, 0.2) is 22.7 Å². The lowest BCUT2D eigenvalue weighted by atomic mass is 9.85. The Morgan fingerprint density at radius 3 is 2.81 bits per heavy atom. The molecule has 1 aliphatic heterocycles. The lowest BCUT2D eigenvalue weighted by Crippen LogP contribution is -2.27. The molecule has 1 N–H and O–H groups in total. The molecule has 0 saturated carbocycles. The molecule has 118 valence electrons. The van der Waals surface area contributed by atoms with Gasteiger partial charge in [0.2, 0.25) is 0 Å². The van der Waals surface area contributed by atoms with E-state index in [1.165, 1.54) is 54.5 Å². The first-order chi connectivity index (χ1) is 10.0. The van der Waals surface area contributed by atoms with Gasteiger partial charge in [0.25, 0.3) is 0 Å². The summed E-state index contributed by atoms with van der Waals surface area (Å²) in [6.45, 7) is 11.4. The van der Waals surface area contributed by atoms with Crippen molar-refractivity contribution in [2.24, 2.45) is 5.41 Å². The Morgan fingerprint density at radius 2 is 2.05 bits per heavy atom. The first-order valence-corrected chi connectivity index (χ1v) is 9.05. The third-order valence-electron chi connectivity index (χ3n) is 4.47. The molecule has 0 atom stereocenters. The van der Waals surface area contributed by atoms with Crippen molar-refractivity contribution in [3.63, 3.8) is 0 Å². The lowest BCUT2D eigenvalue weighted by molar-refractivity contribution is 0.325. The van der Waals surface area contributed by atoms with Crippen LogP contribution in [-0.2, 0) is 6.54 Å². The number of rotatable bonds is 5. The zero-order valence-electron chi connectivity index (χ0n) is 13.7. The van der Waals surface area contributed by atoms with E-state index in [1.807, 2.05) is 0 Å². The summed E-state index contributed by atoms with van der Waals surface area (Å²) in [5.41, 5.74) is 3.32. The summed E-state index contributed by atoms with van der Waals surface area (Å²) in [6.07, 6.45) is 5.09. The second-order valence-corrected chi connectivity index (χ2v) is 7.87. The molecule has 0 bridgehead atoms. The van der Waals surface area contributed by atoms with Gasteiger partial charge >= 0.3 is 0 Å². The molecule has 1 saturated heterocycles. The lowest BCUT2D eigenvalue weighted by Gasteiger charge is -2.27. The molecule has 1 fully saturated rings. The van der Waals surface area contributed by atoms with Crippen LogP contribution >= 0.6 is 15.9 Å². The van der Waals surface area contributed by atoms with Crippen LogP contribution in [0.3, 0.4) is 0 Å². The van der Waals surface area contributed by atoms with Crippen molar-refractivity contribution in [2.75, 3.05) is 24.5 Å². The number of nitrogens with zero attached hydrogens (tertiary/aromatic N) is 1. The summed E-state index contributed by atoms with van der Waals surface area (Å²) in [5.74, 6) is 0. The third-order valence-corrected chi connectivity index (χ3v) is 4.96. The van der Waals surface area contributed by atoms with Gasteiger partial charge in [-0.15, -0.1) is 0 Å². The van der Waals surface area contributed by atoms with E-state index in [9.17, 15) is 0 Å². The van der Waals surface area contributed by atoms with Crippen LogP contribution in [0.4, 0.5) is 5.69 Å². The number of halogens is 1. The fourth-order valence-corrected chi connectivity index (χ4v) is 3.39. The van der Waals surface area contributed by atoms with Crippen LogP contribution in [0.5, 0.6) is 0 Å². The third kappa shape index (κ3) is 5.00. The summed E-state index contributed by atoms with van der Waals surface area (Å²) in [6, 6.07) is 6.72. The predicted molar refractivity (Wildman–Crippen MR) is 96.0 cm³/mol. The molecule has 1 aromatic rings. The van der Waals surface area contributed by atoms with E-state index < -0.39 is 0 Å². The van der Waals surface area contributed by atoms with Gasteiger partial charge in [-0.1, -0.05) is 42.8 Å². The van der Waals surface area contributed by atoms with Crippen molar-refractivity contribution in [3.8, 4) is 0 Å². The fraction of sp³-hybridized carbons (Fsp3) is 0.667. The minimum atomic E-state index is 0.487. The second-order valence-electron chi connectivity index (χ2n) is 6.95. The van der Waals surface area contributed by atoms with Gasteiger partial charge in [0.15, 0.2) is 0 Å². The van der Waals surface area contributed by atoms with Gasteiger partial charge in [-0.05, 0) is 55.3 Å². The second kappa shape index (κ2) is 7.64. The highest BCUT2D eigenvalue weighted by Crippen LogP contribution is 2.33. The smallest absolute Gasteiger partial charge is 0.0423 e. The number of anilines is 1. The van der Waals surface area contributed by atoms with Crippen LogP contribution in [0, 0.1) is 5.41 Å². The van der Waals surface area contributed by atoms with Gasteiger partial charge in [0.1, 0.15) is 0 Å². The average molecular weight is 353 g/mol. The maximum atomic E-state index is 3.64. The normalized spacial score (nSPS) is 18.6. The molecule has 1 heterocycles. The zero-order chi connectivity index (χ0) is 15.3. The topological polar surface area (TPSA) is 15.3 Å². The van der Waals surface area contributed by atoms with Gasteiger partial charge in [-0.2, -0.15) is 0 Å². The highest BCUT2D eigenvalue weighted by molar-refractivity contribution is 9.10. The van der Waals surface area contributed by atoms with Crippen molar-refractivity contribution in [3.05, 3.63) is 28.2 Å². The molecule has 2 nitrogen and oxygen atoms in total. The van der Waals surface area contributed by atoms with E-state index in [-0.39, 0.29) is 0 Å². The molecule has 3 heteroatoms. The Kier molecular flexibility index (Phi) is 6.12. The van der Waals surface area contributed by atoms with Crippen molar-refractivity contribution >= 4 is 21.6 Å². The van der Waals surface area contributed by atoms with Crippen LogP contribution in [0.25, 0.3) is 0 Å². The first kappa shape index (κ1) is 16.8. The van der Waals surface area contributed by atoms with Gasteiger partial charge in [0.05, 0.1) is 0 Å². The molecule has 0 radical (unpaired) electrons. The molecular weight excluding hydrogens is 324 g/mol. The van der Waals surface area contributed by atoms with E-state index in [1.54, 1.807) is 0 Å². The fourth-order valence-electron chi connectivity index (χ4n) is 3.04. The van der Waals surface area contributed by atoms with Crippen molar-refractivity contribution < 1.29 is 0 Å². The Bertz CT molecular complexity index is 457. The van der Waals surface area contributed by atoms with E-state index in [4.69, 9.17) is 0 Å². The quantitative estimate of drug-likeness (QED) is 0.752. The molecule has 0 unspecified atom stereocenters. The first-order valence-electron chi connectivity index (χ1n) is 8.26. The Balaban J connectivity index is 2.14. The largest absolute Gasteiger partial charge is 0.371 e. The number of hydrogen-bond acceptors (Lipinski definition) is 2. The van der Waals surface area contributed by atoms with Gasteiger partial charge in [0, 0.05) is 29.8 Å². The van der Waals surface area contributed by atoms with E-state index in [0.29, 0.717) is 5.41 Å². The summed E-state index contributed by atoms with van der Waals surface area (Å²) < 4.78 is 1.18. The Labute approximate surface area is 138 Å². The monoisotopic (exact) mass is 352 g/mol. The summed E-state index contributed by atoms with van der Waals surface area (Å²) >= 11 is 3.64. The SMILES string of the molecule is CCCNCc1ccc(Br)cc1N1CCCC(C)(C)CC1. The highest BCUT2D eigenvalue weighted by Gasteiger charge is 2.24. The minimum Gasteiger partial charge on any atom is -0.371 e. The molecule has 0 spiro atoms. The van der Waals surface area contributed by atoms with Crippen LogP contribution in [0.1, 0.15) is 52.0 Å². The molecule has 0 aromatic heterocycles. The van der Waals surface area contributed by atoms with Crippen LogP contribution in [-0.4, -0.2) is 19.6 Å². The molecule has 0 aliphatic carbocycles. The Morgan fingerprint density at radius 1 is 1.24 bits per heavy atom. The van der Waals surface area contributed by atoms with E-state index >= 15 is 0 Å². The molecule has 0 amide bonds. The molecule has 21 heavy (non-hydrogen) atoms. The minimum absolute atomic E-state index is 0.487. The van der Waals surface area contributed by atoms with Crippen molar-refractivity contribution in [2.45, 2.75) is 53.0 Å². The van der Waals surface area contributed by atoms with Crippen LogP contribution < -0.4 is 10.2 Å². The van der Waals surface area contributed by atoms with Crippen molar-refractivity contribution in [1.82, 2.24) is 5.32 Å². The molecular formula is C18H29BrN2.